The van der Waals surface area contributed by atoms with E-state index in [0.29, 0.717) is 17.3 Å². The van der Waals surface area contributed by atoms with Crippen molar-refractivity contribution in [3.63, 3.8) is 0 Å². The monoisotopic (exact) mass is 472 g/mol. The van der Waals surface area contributed by atoms with E-state index in [2.05, 4.69) is 21.2 Å². The third kappa shape index (κ3) is 4.76. The molecule has 1 atom stereocenters. The Morgan fingerprint density at radius 2 is 1.86 bits per heavy atom. The van der Waals surface area contributed by atoms with Crippen molar-refractivity contribution in [3.05, 3.63) is 58.6 Å². The van der Waals surface area contributed by atoms with Gasteiger partial charge in [-0.2, -0.15) is 4.31 Å². The Labute approximate surface area is 170 Å². The van der Waals surface area contributed by atoms with Crippen molar-refractivity contribution >= 4 is 37.5 Å². The molecule has 0 aliphatic carbocycles. The summed E-state index contributed by atoms with van der Waals surface area (Å²) in [5.74, 6) is -1.57. The number of carbonyl (C=O) groups is 1. The Kier molecular flexibility index (Phi) is 6.47. The number of halogens is 3. The molecule has 1 unspecified atom stereocenters. The summed E-state index contributed by atoms with van der Waals surface area (Å²) in [5, 5.41) is 2.50. The fourth-order valence-corrected chi connectivity index (χ4v) is 5.27. The Hall–Kier alpha value is -1.84. The highest BCUT2D eigenvalue weighted by Gasteiger charge is 2.34. The van der Waals surface area contributed by atoms with Crippen LogP contribution in [0.4, 0.5) is 14.5 Å². The van der Waals surface area contributed by atoms with Crippen molar-refractivity contribution in [2.24, 2.45) is 0 Å². The number of rotatable bonds is 5. The first kappa shape index (κ1) is 20.9. The Morgan fingerprint density at radius 3 is 2.54 bits per heavy atom. The molecule has 2 aromatic carbocycles. The zero-order chi connectivity index (χ0) is 20.3. The molecule has 1 amide bonds. The molecular formula is C19H19BrF2N2O3S. The minimum Gasteiger partial charge on any atom is -0.324 e. The number of carbonyl (C=O) groups excluding carboxylic acids is 1. The van der Waals surface area contributed by atoms with E-state index in [1.165, 1.54) is 28.6 Å². The lowest BCUT2D eigenvalue weighted by Crippen LogP contribution is -2.45. The second-order valence-electron chi connectivity index (χ2n) is 6.60. The lowest BCUT2D eigenvalue weighted by molar-refractivity contribution is -0.117. The van der Waals surface area contributed by atoms with Gasteiger partial charge >= 0.3 is 0 Å². The van der Waals surface area contributed by atoms with Crippen LogP contribution in [0, 0.1) is 11.6 Å². The van der Waals surface area contributed by atoms with Crippen LogP contribution in [0.25, 0.3) is 0 Å². The third-order valence-corrected chi connectivity index (χ3v) is 7.08. The molecule has 1 saturated heterocycles. The van der Waals surface area contributed by atoms with E-state index in [1.807, 2.05) is 0 Å². The van der Waals surface area contributed by atoms with Gasteiger partial charge in [-0.1, -0.05) is 22.4 Å². The van der Waals surface area contributed by atoms with E-state index < -0.39 is 33.6 Å². The smallest absolute Gasteiger partial charge is 0.243 e. The number of piperidine rings is 1. The number of amides is 1. The molecule has 0 bridgehead atoms. The molecule has 1 heterocycles. The van der Waals surface area contributed by atoms with E-state index in [-0.39, 0.29) is 23.5 Å². The summed E-state index contributed by atoms with van der Waals surface area (Å²) in [5.41, 5.74) is 0.0388. The number of anilines is 1. The van der Waals surface area contributed by atoms with Crippen LogP contribution in [0.3, 0.4) is 0 Å². The standard InChI is InChI=1S/C19H19BrF2N2O3S/c20-13-4-9-18(17(22)11-13)23-19(25)12-15-3-1-2-10-24(15)28(26,27)16-7-5-14(21)6-8-16/h4-9,11,15H,1-3,10,12H2,(H,23,25). The molecule has 1 N–H and O–H groups in total. The average molecular weight is 473 g/mol. The van der Waals surface area contributed by atoms with Crippen molar-refractivity contribution < 1.29 is 22.0 Å². The summed E-state index contributed by atoms with van der Waals surface area (Å²) in [6, 6.07) is 8.35. The van der Waals surface area contributed by atoms with Gasteiger partial charge in [0, 0.05) is 23.5 Å². The maximum absolute atomic E-state index is 13.9. The van der Waals surface area contributed by atoms with Crippen molar-refractivity contribution in [1.82, 2.24) is 4.31 Å². The molecule has 5 nitrogen and oxygen atoms in total. The van der Waals surface area contributed by atoms with Gasteiger partial charge in [0.15, 0.2) is 0 Å². The van der Waals surface area contributed by atoms with Crippen LogP contribution in [0.15, 0.2) is 51.8 Å². The van der Waals surface area contributed by atoms with Gasteiger partial charge in [0.25, 0.3) is 0 Å². The van der Waals surface area contributed by atoms with Gasteiger partial charge in [0.2, 0.25) is 15.9 Å². The molecule has 0 spiro atoms. The van der Waals surface area contributed by atoms with Crippen LogP contribution < -0.4 is 5.32 Å². The molecule has 28 heavy (non-hydrogen) atoms. The maximum Gasteiger partial charge on any atom is 0.243 e. The number of nitrogens with zero attached hydrogens (tertiary/aromatic N) is 1. The first-order valence-electron chi connectivity index (χ1n) is 8.79. The summed E-state index contributed by atoms with van der Waals surface area (Å²) < 4.78 is 54.8. The van der Waals surface area contributed by atoms with E-state index in [4.69, 9.17) is 0 Å². The molecule has 1 aliphatic heterocycles. The topological polar surface area (TPSA) is 66.5 Å². The Morgan fingerprint density at radius 1 is 1.14 bits per heavy atom. The lowest BCUT2D eigenvalue weighted by atomic mass is 10.0. The first-order chi connectivity index (χ1) is 13.3. The Bertz CT molecular complexity index is 968. The normalized spacial score (nSPS) is 18.0. The second kappa shape index (κ2) is 8.67. The van der Waals surface area contributed by atoms with Gasteiger partial charge in [-0.15, -0.1) is 0 Å². The Balaban J connectivity index is 1.75. The highest BCUT2D eigenvalue weighted by atomic mass is 79.9. The first-order valence-corrected chi connectivity index (χ1v) is 11.0. The van der Waals surface area contributed by atoms with Crippen LogP contribution in [-0.2, 0) is 14.8 Å². The van der Waals surface area contributed by atoms with Gasteiger partial charge < -0.3 is 5.32 Å². The van der Waals surface area contributed by atoms with Crippen LogP contribution in [-0.4, -0.2) is 31.2 Å². The van der Waals surface area contributed by atoms with Crippen molar-refractivity contribution in [2.75, 3.05) is 11.9 Å². The van der Waals surface area contributed by atoms with Gasteiger partial charge in [0.1, 0.15) is 11.6 Å². The summed E-state index contributed by atoms with van der Waals surface area (Å²) in [6.07, 6.45) is 1.91. The molecule has 1 aliphatic rings. The molecule has 1 fully saturated rings. The third-order valence-electron chi connectivity index (χ3n) is 4.62. The van der Waals surface area contributed by atoms with Gasteiger partial charge in [-0.25, -0.2) is 17.2 Å². The fourth-order valence-electron chi connectivity index (χ4n) is 3.24. The zero-order valence-corrected chi connectivity index (χ0v) is 17.3. The fraction of sp³-hybridized carbons (Fsp3) is 0.316. The predicted molar refractivity (Wildman–Crippen MR) is 105 cm³/mol. The zero-order valence-electron chi connectivity index (χ0n) is 14.9. The quantitative estimate of drug-likeness (QED) is 0.705. The van der Waals surface area contributed by atoms with Gasteiger partial charge in [-0.3, -0.25) is 4.79 Å². The van der Waals surface area contributed by atoms with Gasteiger partial charge in [-0.05, 0) is 55.3 Å². The van der Waals surface area contributed by atoms with Crippen LogP contribution in [0.1, 0.15) is 25.7 Å². The molecule has 3 rings (SSSR count). The number of hydrogen-bond acceptors (Lipinski definition) is 3. The second-order valence-corrected chi connectivity index (χ2v) is 9.40. The largest absolute Gasteiger partial charge is 0.324 e. The van der Waals surface area contributed by atoms with E-state index >= 15 is 0 Å². The van der Waals surface area contributed by atoms with Crippen molar-refractivity contribution in [2.45, 2.75) is 36.6 Å². The molecule has 0 radical (unpaired) electrons. The van der Waals surface area contributed by atoms with Crippen LogP contribution in [0.5, 0.6) is 0 Å². The number of benzene rings is 2. The number of nitrogens with one attached hydrogen (secondary N) is 1. The van der Waals surface area contributed by atoms with E-state index in [9.17, 15) is 22.0 Å². The molecule has 0 aromatic heterocycles. The van der Waals surface area contributed by atoms with E-state index in [0.717, 1.165) is 18.6 Å². The lowest BCUT2D eigenvalue weighted by Gasteiger charge is -2.34. The SMILES string of the molecule is O=C(CC1CCCCN1S(=O)(=O)c1ccc(F)cc1)Nc1ccc(Br)cc1F. The van der Waals surface area contributed by atoms with Crippen molar-refractivity contribution in [1.29, 1.82) is 0 Å². The molecular weight excluding hydrogens is 454 g/mol. The van der Waals surface area contributed by atoms with Crippen LogP contribution >= 0.6 is 15.9 Å². The summed E-state index contributed by atoms with van der Waals surface area (Å²) in [6.45, 7) is 0.282. The highest BCUT2D eigenvalue weighted by Crippen LogP contribution is 2.28. The summed E-state index contributed by atoms with van der Waals surface area (Å²) in [7, 11) is -3.85. The summed E-state index contributed by atoms with van der Waals surface area (Å²) in [4.78, 5) is 12.4. The highest BCUT2D eigenvalue weighted by molar-refractivity contribution is 9.10. The van der Waals surface area contributed by atoms with Crippen LogP contribution in [0.2, 0.25) is 0 Å². The minimum atomic E-state index is -3.85. The summed E-state index contributed by atoms with van der Waals surface area (Å²) >= 11 is 3.15. The van der Waals surface area contributed by atoms with Gasteiger partial charge in [0.05, 0.1) is 10.6 Å². The molecule has 2 aromatic rings. The number of sulfonamides is 1. The number of hydrogen-bond donors (Lipinski definition) is 1. The van der Waals surface area contributed by atoms with Crippen molar-refractivity contribution in [3.8, 4) is 0 Å². The predicted octanol–water partition coefficient (Wildman–Crippen LogP) is 4.30. The molecule has 0 saturated carbocycles. The van der Waals surface area contributed by atoms with E-state index in [1.54, 1.807) is 6.07 Å². The molecule has 150 valence electrons. The maximum atomic E-state index is 13.9. The molecule has 9 heteroatoms. The average Bonchev–Trinajstić information content (AvgIpc) is 2.65. The minimum absolute atomic E-state index is 0.0137.